The Morgan fingerprint density at radius 3 is 2.61 bits per heavy atom. The predicted molar refractivity (Wildman–Crippen MR) is 121 cm³/mol. The monoisotopic (exact) mass is 437 g/mol. The molecule has 31 heavy (non-hydrogen) atoms. The van der Waals surface area contributed by atoms with Crippen molar-refractivity contribution in [3.63, 3.8) is 0 Å². The number of thioether (sulfide) groups is 1. The van der Waals surface area contributed by atoms with Gasteiger partial charge in [0.05, 0.1) is 17.5 Å². The van der Waals surface area contributed by atoms with Crippen molar-refractivity contribution < 1.29 is 9.32 Å². The van der Waals surface area contributed by atoms with Crippen LogP contribution in [-0.4, -0.2) is 62.8 Å². The van der Waals surface area contributed by atoms with Gasteiger partial charge in [-0.2, -0.15) is 4.98 Å². The van der Waals surface area contributed by atoms with Gasteiger partial charge in [0, 0.05) is 43.7 Å². The number of rotatable bonds is 7. The van der Waals surface area contributed by atoms with E-state index in [0.717, 1.165) is 30.1 Å². The first kappa shape index (κ1) is 21.5. The first-order valence-corrected chi connectivity index (χ1v) is 11.7. The van der Waals surface area contributed by atoms with Crippen molar-refractivity contribution in [2.75, 3.05) is 31.9 Å². The summed E-state index contributed by atoms with van der Waals surface area (Å²) in [5.41, 5.74) is 3.15. The number of piperazine rings is 1. The Labute approximate surface area is 186 Å². The Morgan fingerprint density at radius 2 is 1.90 bits per heavy atom. The van der Waals surface area contributed by atoms with Gasteiger partial charge < -0.3 is 9.42 Å². The molecule has 0 N–H and O–H groups in total. The fourth-order valence-corrected chi connectivity index (χ4v) is 4.40. The normalized spacial score (nSPS) is 15.7. The first-order chi connectivity index (χ1) is 15.1. The first-order valence-electron chi connectivity index (χ1n) is 10.5. The maximum atomic E-state index is 12.5. The van der Waals surface area contributed by atoms with E-state index in [-0.39, 0.29) is 11.9 Å². The van der Waals surface area contributed by atoms with E-state index in [2.05, 4.69) is 33.9 Å². The van der Waals surface area contributed by atoms with Crippen LogP contribution >= 0.6 is 11.8 Å². The van der Waals surface area contributed by atoms with Crippen molar-refractivity contribution in [2.45, 2.75) is 25.6 Å². The molecule has 8 heteroatoms. The number of amides is 1. The molecule has 0 radical (unpaired) electrons. The standard InChI is InChI=1S/C23H27N5O2S/c1-17-6-8-19(9-7-17)22-25-23(30-26-22)18(2)27-11-13-28(14-12-27)21(29)16-31-15-20-5-3-4-10-24-20/h3-10,18H,11-16H2,1-2H3. The zero-order valence-electron chi connectivity index (χ0n) is 17.9. The molecule has 2 aromatic heterocycles. The van der Waals surface area contributed by atoms with Crippen LogP contribution in [0.5, 0.6) is 0 Å². The lowest BCUT2D eigenvalue weighted by atomic mass is 10.1. The number of nitrogens with zero attached hydrogens (tertiary/aromatic N) is 5. The Bertz CT molecular complexity index is 985. The fourth-order valence-electron chi connectivity index (χ4n) is 3.56. The smallest absolute Gasteiger partial charge is 0.244 e. The van der Waals surface area contributed by atoms with Crippen LogP contribution in [0, 0.1) is 6.92 Å². The van der Waals surface area contributed by atoms with E-state index < -0.39 is 0 Å². The molecule has 0 saturated carbocycles. The highest BCUT2D eigenvalue weighted by Crippen LogP contribution is 2.24. The van der Waals surface area contributed by atoms with Gasteiger partial charge in [0.1, 0.15) is 0 Å². The number of aryl methyl sites for hydroxylation is 1. The number of aromatic nitrogens is 3. The molecule has 0 spiro atoms. The van der Waals surface area contributed by atoms with Crippen LogP contribution in [0.1, 0.15) is 30.1 Å². The Hall–Kier alpha value is -2.71. The highest BCUT2D eigenvalue weighted by molar-refractivity contribution is 7.99. The molecule has 1 aliphatic rings. The summed E-state index contributed by atoms with van der Waals surface area (Å²) in [5, 5.41) is 4.15. The van der Waals surface area contributed by atoms with E-state index in [1.807, 2.05) is 47.4 Å². The summed E-state index contributed by atoms with van der Waals surface area (Å²) in [7, 11) is 0. The zero-order valence-corrected chi connectivity index (χ0v) is 18.7. The lowest BCUT2D eigenvalue weighted by molar-refractivity contribution is -0.130. The van der Waals surface area contributed by atoms with Crippen LogP contribution in [0.25, 0.3) is 11.4 Å². The third kappa shape index (κ3) is 5.51. The molecule has 1 unspecified atom stereocenters. The number of hydrogen-bond acceptors (Lipinski definition) is 7. The van der Waals surface area contributed by atoms with Gasteiger partial charge in [-0.1, -0.05) is 41.1 Å². The highest BCUT2D eigenvalue weighted by Gasteiger charge is 2.27. The van der Waals surface area contributed by atoms with E-state index >= 15 is 0 Å². The van der Waals surface area contributed by atoms with Crippen molar-refractivity contribution in [3.8, 4) is 11.4 Å². The van der Waals surface area contributed by atoms with Crippen molar-refractivity contribution in [2.24, 2.45) is 0 Å². The van der Waals surface area contributed by atoms with E-state index in [4.69, 9.17) is 4.52 Å². The minimum atomic E-state index is 0.0162. The third-order valence-electron chi connectivity index (χ3n) is 5.53. The molecule has 7 nitrogen and oxygen atoms in total. The van der Waals surface area contributed by atoms with Gasteiger partial charge in [-0.15, -0.1) is 11.8 Å². The summed E-state index contributed by atoms with van der Waals surface area (Å²) in [6, 6.07) is 14.0. The lowest BCUT2D eigenvalue weighted by Crippen LogP contribution is -2.49. The van der Waals surface area contributed by atoms with Crippen LogP contribution in [-0.2, 0) is 10.5 Å². The van der Waals surface area contributed by atoms with Gasteiger partial charge in [0.15, 0.2) is 0 Å². The second-order valence-corrected chi connectivity index (χ2v) is 8.71. The van der Waals surface area contributed by atoms with Gasteiger partial charge in [-0.25, -0.2) is 0 Å². The number of hydrogen-bond donors (Lipinski definition) is 0. The summed E-state index contributed by atoms with van der Waals surface area (Å²) in [6.45, 7) is 7.14. The maximum absolute atomic E-state index is 12.5. The molecule has 4 rings (SSSR count). The average Bonchev–Trinajstić information content (AvgIpc) is 3.30. The maximum Gasteiger partial charge on any atom is 0.244 e. The zero-order chi connectivity index (χ0) is 21.6. The minimum absolute atomic E-state index is 0.0162. The van der Waals surface area contributed by atoms with Gasteiger partial charge in [0.2, 0.25) is 17.6 Å². The third-order valence-corrected chi connectivity index (χ3v) is 6.48. The number of carbonyl (C=O) groups is 1. The van der Waals surface area contributed by atoms with Crippen molar-refractivity contribution in [1.29, 1.82) is 0 Å². The predicted octanol–water partition coefficient (Wildman–Crippen LogP) is 3.58. The van der Waals surface area contributed by atoms with Crippen molar-refractivity contribution in [1.82, 2.24) is 24.9 Å². The molecule has 1 amide bonds. The molecule has 162 valence electrons. The van der Waals surface area contributed by atoms with Crippen LogP contribution in [0.3, 0.4) is 0 Å². The molecule has 1 aliphatic heterocycles. The quantitative estimate of drug-likeness (QED) is 0.559. The topological polar surface area (TPSA) is 75.4 Å². The molecule has 3 aromatic rings. The van der Waals surface area contributed by atoms with Gasteiger partial charge in [-0.05, 0) is 26.0 Å². The number of pyridine rings is 1. The van der Waals surface area contributed by atoms with Crippen molar-refractivity contribution in [3.05, 3.63) is 65.8 Å². The SMILES string of the molecule is Cc1ccc(-c2noc(C(C)N3CCN(C(=O)CSCc4ccccn4)CC3)n2)cc1. The van der Waals surface area contributed by atoms with Crippen LogP contribution in [0.4, 0.5) is 0 Å². The second-order valence-electron chi connectivity index (χ2n) is 7.73. The van der Waals surface area contributed by atoms with E-state index in [9.17, 15) is 4.79 Å². The van der Waals surface area contributed by atoms with Gasteiger partial charge in [0.25, 0.3) is 0 Å². The molecular weight excluding hydrogens is 410 g/mol. The van der Waals surface area contributed by atoms with E-state index in [1.54, 1.807) is 18.0 Å². The van der Waals surface area contributed by atoms with E-state index in [0.29, 0.717) is 30.6 Å². The Kier molecular flexibility index (Phi) is 6.99. The average molecular weight is 438 g/mol. The largest absolute Gasteiger partial charge is 0.339 e. The Morgan fingerprint density at radius 1 is 1.13 bits per heavy atom. The summed E-state index contributed by atoms with van der Waals surface area (Å²) >= 11 is 1.61. The number of carbonyl (C=O) groups excluding carboxylic acids is 1. The van der Waals surface area contributed by atoms with Gasteiger partial charge >= 0.3 is 0 Å². The molecule has 1 fully saturated rings. The fraction of sp³-hybridized carbons (Fsp3) is 0.391. The molecule has 3 heterocycles. The Balaban J connectivity index is 1.25. The minimum Gasteiger partial charge on any atom is -0.339 e. The summed E-state index contributed by atoms with van der Waals surface area (Å²) in [6.07, 6.45) is 1.78. The van der Waals surface area contributed by atoms with Crippen LogP contribution < -0.4 is 0 Å². The molecule has 1 atom stereocenters. The van der Waals surface area contributed by atoms with Crippen LogP contribution in [0.2, 0.25) is 0 Å². The molecule has 0 bridgehead atoms. The van der Waals surface area contributed by atoms with Gasteiger partial charge in [-0.3, -0.25) is 14.7 Å². The highest BCUT2D eigenvalue weighted by atomic mass is 32.2. The molecule has 1 saturated heterocycles. The second kappa shape index (κ2) is 10.1. The van der Waals surface area contributed by atoms with Crippen molar-refractivity contribution >= 4 is 17.7 Å². The van der Waals surface area contributed by atoms with E-state index in [1.165, 1.54) is 5.56 Å². The number of benzene rings is 1. The molecule has 1 aromatic carbocycles. The van der Waals surface area contributed by atoms with Crippen LogP contribution in [0.15, 0.2) is 53.2 Å². The molecule has 0 aliphatic carbocycles. The summed E-state index contributed by atoms with van der Waals surface area (Å²) in [5.74, 6) is 2.65. The summed E-state index contributed by atoms with van der Waals surface area (Å²) in [4.78, 5) is 25.7. The summed E-state index contributed by atoms with van der Waals surface area (Å²) < 4.78 is 5.54. The molecular formula is C23H27N5O2S. The lowest BCUT2D eigenvalue weighted by Gasteiger charge is -2.36.